The first-order valence-corrected chi connectivity index (χ1v) is 8.33. The van der Waals surface area contributed by atoms with Crippen LogP contribution in [0.2, 0.25) is 5.02 Å². The zero-order chi connectivity index (χ0) is 17.8. The number of rotatable bonds is 5. The summed E-state index contributed by atoms with van der Waals surface area (Å²) in [6, 6.07) is 0.848. The lowest BCUT2D eigenvalue weighted by atomic mass is 10.00. The zero-order valence-electron chi connectivity index (χ0n) is 13.4. The molecule has 3 N–H and O–H groups in total. The van der Waals surface area contributed by atoms with Crippen molar-refractivity contribution in [3.05, 3.63) is 28.5 Å². The van der Waals surface area contributed by atoms with Crippen molar-refractivity contribution in [2.75, 3.05) is 18.2 Å². The van der Waals surface area contributed by atoms with Crippen LogP contribution in [0.4, 0.5) is 26.4 Å². The van der Waals surface area contributed by atoms with E-state index in [1.54, 1.807) is 0 Å². The van der Waals surface area contributed by atoms with Crippen LogP contribution in [0.25, 0.3) is 0 Å². The number of nitrogens with zero attached hydrogens (tertiary/aromatic N) is 3. The standard InChI is InChI=1S/C16H16ClF2N5O/c1-25-12-8(17)6-9(18)10(19)11(12)21-15-23-13(22-14(20)24-15)16(4-5-16)7-2-3-7/h6-7H,2-5H2,1H3,(H3,20,21,22,23,24). The highest BCUT2D eigenvalue weighted by Crippen LogP contribution is 2.61. The summed E-state index contributed by atoms with van der Waals surface area (Å²) in [5.74, 6) is -1.04. The molecule has 2 aromatic rings. The molecule has 1 aromatic carbocycles. The molecule has 2 saturated carbocycles. The number of nitrogens with one attached hydrogen (secondary N) is 1. The second kappa shape index (κ2) is 5.66. The number of nitrogens with two attached hydrogens (primary N) is 1. The number of anilines is 3. The number of ether oxygens (including phenoxy) is 1. The van der Waals surface area contributed by atoms with Crippen LogP contribution < -0.4 is 15.8 Å². The van der Waals surface area contributed by atoms with Gasteiger partial charge >= 0.3 is 0 Å². The fraction of sp³-hybridized carbons (Fsp3) is 0.438. The highest BCUT2D eigenvalue weighted by Gasteiger charge is 2.57. The van der Waals surface area contributed by atoms with Crippen LogP contribution in [0.5, 0.6) is 5.75 Å². The molecule has 2 aliphatic carbocycles. The molecule has 0 spiro atoms. The average Bonchev–Trinajstić information content (AvgIpc) is 3.44. The van der Waals surface area contributed by atoms with Crippen LogP contribution in [0.1, 0.15) is 31.5 Å². The molecule has 6 nitrogen and oxygen atoms in total. The maximum absolute atomic E-state index is 14.2. The van der Waals surface area contributed by atoms with E-state index in [1.807, 2.05) is 0 Å². The van der Waals surface area contributed by atoms with E-state index >= 15 is 0 Å². The third-order valence-electron chi connectivity index (χ3n) is 4.81. The third kappa shape index (κ3) is 2.74. The molecule has 2 aliphatic rings. The van der Waals surface area contributed by atoms with E-state index in [4.69, 9.17) is 22.1 Å². The first-order chi connectivity index (χ1) is 11.9. The molecule has 132 valence electrons. The fourth-order valence-electron chi connectivity index (χ4n) is 3.26. The van der Waals surface area contributed by atoms with Gasteiger partial charge in [-0.1, -0.05) is 11.6 Å². The Bertz CT molecular complexity index is 855. The molecule has 0 aliphatic heterocycles. The molecule has 0 radical (unpaired) electrons. The zero-order valence-corrected chi connectivity index (χ0v) is 14.2. The molecule has 25 heavy (non-hydrogen) atoms. The van der Waals surface area contributed by atoms with Gasteiger partial charge in [0.15, 0.2) is 17.4 Å². The quantitative estimate of drug-likeness (QED) is 0.785. The van der Waals surface area contributed by atoms with Crippen molar-refractivity contribution >= 4 is 29.2 Å². The van der Waals surface area contributed by atoms with E-state index < -0.39 is 11.6 Å². The molecule has 9 heteroatoms. The molecule has 0 saturated heterocycles. The third-order valence-corrected chi connectivity index (χ3v) is 5.09. The summed E-state index contributed by atoms with van der Waals surface area (Å²) in [7, 11) is 1.31. The molecular weight excluding hydrogens is 352 g/mol. The number of aromatic nitrogens is 3. The van der Waals surface area contributed by atoms with Gasteiger partial charge in [0.05, 0.1) is 12.1 Å². The second-order valence-corrected chi connectivity index (χ2v) is 6.87. The van der Waals surface area contributed by atoms with Crippen molar-refractivity contribution in [1.82, 2.24) is 15.0 Å². The van der Waals surface area contributed by atoms with Crippen LogP contribution in [-0.4, -0.2) is 22.1 Å². The lowest BCUT2D eigenvalue weighted by molar-refractivity contribution is 0.409. The van der Waals surface area contributed by atoms with Crippen molar-refractivity contribution in [2.24, 2.45) is 5.92 Å². The Labute approximate surface area is 147 Å². The van der Waals surface area contributed by atoms with E-state index in [0.717, 1.165) is 31.7 Å². The van der Waals surface area contributed by atoms with E-state index in [-0.39, 0.29) is 33.8 Å². The molecule has 0 atom stereocenters. The van der Waals surface area contributed by atoms with E-state index in [9.17, 15) is 8.78 Å². The second-order valence-electron chi connectivity index (χ2n) is 6.46. The van der Waals surface area contributed by atoms with Gasteiger partial charge in [0.2, 0.25) is 11.9 Å². The minimum atomic E-state index is -1.13. The maximum Gasteiger partial charge on any atom is 0.232 e. The molecule has 1 aromatic heterocycles. The Morgan fingerprint density at radius 3 is 2.60 bits per heavy atom. The number of halogens is 3. The van der Waals surface area contributed by atoms with Gasteiger partial charge in [-0.3, -0.25) is 0 Å². The van der Waals surface area contributed by atoms with E-state index in [0.29, 0.717) is 11.7 Å². The molecule has 0 unspecified atom stereocenters. The van der Waals surface area contributed by atoms with Crippen molar-refractivity contribution in [2.45, 2.75) is 31.1 Å². The van der Waals surface area contributed by atoms with Gasteiger partial charge < -0.3 is 15.8 Å². The minimum Gasteiger partial charge on any atom is -0.493 e. The minimum absolute atomic E-state index is 0.0290. The first-order valence-electron chi connectivity index (χ1n) is 7.95. The smallest absolute Gasteiger partial charge is 0.232 e. The van der Waals surface area contributed by atoms with Gasteiger partial charge in [0, 0.05) is 5.41 Å². The van der Waals surface area contributed by atoms with Crippen molar-refractivity contribution in [1.29, 1.82) is 0 Å². The number of hydrogen-bond acceptors (Lipinski definition) is 6. The van der Waals surface area contributed by atoms with Crippen LogP contribution >= 0.6 is 11.6 Å². The topological polar surface area (TPSA) is 86.0 Å². The summed E-state index contributed by atoms with van der Waals surface area (Å²) < 4.78 is 33.0. The highest BCUT2D eigenvalue weighted by molar-refractivity contribution is 6.32. The van der Waals surface area contributed by atoms with Gasteiger partial charge in [0.1, 0.15) is 11.5 Å². The van der Waals surface area contributed by atoms with Crippen molar-refractivity contribution in [3.63, 3.8) is 0 Å². The van der Waals surface area contributed by atoms with Gasteiger partial charge in [-0.2, -0.15) is 15.0 Å². The molecule has 0 bridgehead atoms. The SMILES string of the molecule is COc1c(Cl)cc(F)c(F)c1Nc1nc(N)nc(C2(C3CC3)CC2)n1. The summed E-state index contributed by atoms with van der Waals surface area (Å²) in [6.07, 6.45) is 4.31. The summed E-state index contributed by atoms with van der Waals surface area (Å²) in [5, 5.41) is 2.58. The Kier molecular flexibility index (Phi) is 3.68. The number of methoxy groups -OCH3 is 1. The van der Waals surface area contributed by atoms with Gasteiger partial charge in [-0.05, 0) is 37.7 Å². The summed E-state index contributed by atoms with van der Waals surface area (Å²) in [4.78, 5) is 12.6. The van der Waals surface area contributed by atoms with Gasteiger partial charge in [-0.25, -0.2) is 8.78 Å². The van der Waals surface area contributed by atoms with Crippen LogP contribution in [0, 0.1) is 17.6 Å². The number of nitrogen functional groups attached to an aromatic ring is 1. The lowest BCUT2D eigenvalue weighted by Gasteiger charge is -2.16. The normalized spacial score (nSPS) is 18.1. The van der Waals surface area contributed by atoms with Crippen molar-refractivity contribution in [3.8, 4) is 5.75 Å². The highest BCUT2D eigenvalue weighted by atomic mass is 35.5. The molecule has 1 heterocycles. The Morgan fingerprint density at radius 1 is 1.28 bits per heavy atom. The lowest BCUT2D eigenvalue weighted by Crippen LogP contribution is -2.17. The Hall–Kier alpha value is -2.22. The van der Waals surface area contributed by atoms with E-state index in [1.165, 1.54) is 7.11 Å². The number of benzene rings is 1. The predicted molar refractivity (Wildman–Crippen MR) is 89.1 cm³/mol. The molecular formula is C16H16ClF2N5O. The van der Waals surface area contributed by atoms with Crippen LogP contribution in [0.3, 0.4) is 0 Å². The van der Waals surface area contributed by atoms with Crippen LogP contribution in [-0.2, 0) is 5.41 Å². The summed E-state index contributed by atoms with van der Waals surface area (Å²) in [5.41, 5.74) is 5.48. The van der Waals surface area contributed by atoms with Gasteiger partial charge in [0.25, 0.3) is 0 Å². The fourth-order valence-corrected chi connectivity index (χ4v) is 3.53. The Balaban J connectivity index is 1.74. The number of hydrogen-bond donors (Lipinski definition) is 2. The Morgan fingerprint density at radius 2 is 2.00 bits per heavy atom. The predicted octanol–water partition coefficient (Wildman–Crippen LogP) is 3.58. The molecule has 4 rings (SSSR count). The van der Waals surface area contributed by atoms with Gasteiger partial charge in [-0.15, -0.1) is 0 Å². The van der Waals surface area contributed by atoms with E-state index in [2.05, 4.69) is 20.3 Å². The molecule has 2 fully saturated rings. The van der Waals surface area contributed by atoms with Crippen molar-refractivity contribution < 1.29 is 13.5 Å². The first kappa shape index (κ1) is 16.3. The summed E-state index contributed by atoms with van der Waals surface area (Å²) in [6.45, 7) is 0. The maximum atomic E-state index is 14.2. The average molecular weight is 368 g/mol. The van der Waals surface area contributed by atoms with Crippen LogP contribution in [0.15, 0.2) is 6.07 Å². The largest absolute Gasteiger partial charge is 0.493 e. The summed E-state index contributed by atoms with van der Waals surface area (Å²) >= 11 is 5.92. The molecule has 0 amide bonds. The monoisotopic (exact) mass is 367 g/mol.